The summed E-state index contributed by atoms with van der Waals surface area (Å²) in [6, 6.07) is 6.55. The number of hydrogen-bond acceptors (Lipinski definition) is 6. The van der Waals surface area contributed by atoms with Crippen molar-refractivity contribution in [2.24, 2.45) is 5.41 Å². The third-order valence-corrected chi connectivity index (χ3v) is 5.96. The average Bonchev–Trinajstić information content (AvgIpc) is 2.93. The number of rotatable bonds is 12. The summed E-state index contributed by atoms with van der Waals surface area (Å²) in [4.78, 5) is 10.4. The Morgan fingerprint density at radius 1 is 1.18 bits per heavy atom. The lowest BCUT2D eigenvalue weighted by molar-refractivity contribution is -0.0980. The molecule has 0 aliphatic rings. The first kappa shape index (κ1) is 38.7. The largest absolute Gasteiger partial charge is 0.496 e. The maximum atomic E-state index is 8.50. The van der Waals surface area contributed by atoms with E-state index < -0.39 is 0 Å². The highest BCUT2D eigenvalue weighted by molar-refractivity contribution is 5.80. The van der Waals surface area contributed by atoms with Gasteiger partial charge in [-0.1, -0.05) is 70.2 Å². The normalized spacial score (nSPS) is 11.6. The van der Waals surface area contributed by atoms with E-state index in [0.29, 0.717) is 5.57 Å². The van der Waals surface area contributed by atoms with Crippen LogP contribution in [-0.4, -0.2) is 46.1 Å². The van der Waals surface area contributed by atoms with Crippen molar-refractivity contribution in [2.45, 2.75) is 68.4 Å². The Hall–Kier alpha value is -3.40. The Labute approximate surface area is 245 Å². The molecular weight excluding hydrogens is 496 g/mol. The maximum absolute atomic E-state index is 8.50. The molecule has 6 heteroatoms. The predicted octanol–water partition coefficient (Wildman–Crippen LogP) is 7.21. The van der Waals surface area contributed by atoms with Gasteiger partial charge in [0, 0.05) is 49.7 Å². The van der Waals surface area contributed by atoms with Gasteiger partial charge in [0.1, 0.15) is 12.5 Å². The van der Waals surface area contributed by atoms with Crippen LogP contribution in [0.3, 0.4) is 0 Å². The lowest BCUT2D eigenvalue weighted by Gasteiger charge is -2.24. The summed E-state index contributed by atoms with van der Waals surface area (Å²) in [6.07, 6.45) is 10.8. The molecule has 2 N–H and O–H groups in total. The standard InChI is InChI=1S/C24H39N3O.C9H13N.CH2O/c1-9-11-12-27(17-26-7)16-23-20(10-2)13-21(14-24(23)28-8)22(15-25-6)19(5)18(3)4;1-5-8(7-10)6-9(2,3)4;1-2/h9,11,13-15,25-26H,10,12,16-17H2,1-8H3;5-6H,1H2,2-4H3;1H2/b11-9?,22-15+;8-6-;. The van der Waals surface area contributed by atoms with Crippen molar-refractivity contribution in [3.63, 3.8) is 0 Å². The van der Waals surface area contributed by atoms with Gasteiger partial charge in [-0.15, -0.1) is 0 Å². The molecule has 0 atom stereocenters. The minimum absolute atomic E-state index is 0.0687. The molecule has 0 saturated carbocycles. The van der Waals surface area contributed by atoms with Crippen LogP contribution in [0.15, 0.2) is 65.9 Å². The van der Waals surface area contributed by atoms with Crippen LogP contribution >= 0.6 is 0 Å². The SMILES string of the molecule is C=C/C(C#N)=C/C(C)(C)C.C=O.CC=CCN(CNC)Cc1c(CC)cc(/C(=C/NC)C(C)=C(C)C)cc1OC. The van der Waals surface area contributed by atoms with Gasteiger partial charge in [-0.05, 0) is 69.3 Å². The lowest BCUT2D eigenvalue weighted by atomic mass is 9.92. The molecule has 222 valence electrons. The fourth-order valence-corrected chi connectivity index (χ4v) is 3.85. The van der Waals surface area contributed by atoms with Gasteiger partial charge in [0.2, 0.25) is 0 Å². The molecule has 0 spiro atoms. The molecule has 1 aromatic rings. The zero-order valence-corrected chi connectivity index (χ0v) is 27.0. The minimum atomic E-state index is 0.0687. The predicted molar refractivity (Wildman–Crippen MR) is 173 cm³/mol. The number of methoxy groups -OCH3 is 1. The summed E-state index contributed by atoms with van der Waals surface area (Å²) in [5.41, 5.74) is 8.32. The maximum Gasteiger partial charge on any atom is 0.124 e. The lowest BCUT2D eigenvalue weighted by Crippen LogP contribution is -2.32. The van der Waals surface area contributed by atoms with E-state index in [2.05, 4.69) is 93.3 Å². The van der Waals surface area contributed by atoms with Crippen LogP contribution < -0.4 is 15.4 Å². The van der Waals surface area contributed by atoms with E-state index in [0.717, 1.165) is 31.9 Å². The topological polar surface area (TPSA) is 77.4 Å². The number of allylic oxidation sites excluding steroid dienone is 7. The molecule has 0 bridgehead atoms. The van der Waals surface area contributed by atoms with Crippen molar-refractivity contribution in [1.82, 2.24) is 15.5 Å². The highest BCUT2D eigenvalue weighted by Crippen LogP contribution is 2.33. The third-order valence-electron chi connectivity index (χ3n) is 5.96. The van der Waals surface area contributed by atoms with E-state index in [-0.39, 0.29) is 5.41 Å². The molecule has 1 aromatic carbocycles. The van der Waals surface area contributed by atoms with Crippen LogP contribution in [0.1, 0.15) is 72.1 Å². The van der Waals surface area contributed by atoms with Crippen LogP contribution in [0.5, 0.6) is 5.75 Å². The van der Waals surface area contributed by atoms with E-state index in [4.69, 9.17) is 14.8 Å². The number of nitrogens with zero attached hydrogens (tertiary/aromatic N) is 2. The highest BCUT2D eigenvalue weighted by atomic mass is 16.5. The number of hydrogen-bond donors (Lipinski definition) is 2. The molecule has 0 amide bonds. The van der Waals surface area contributed by atoms with Crippen molar-refractivity contribution >= 4 is 12.4 Å². The fraction of sp³-hybridized carbons (Fsp3) is 0.471. The smallest absolute Gasteiger partial charge is 0.124 e. The number of carbonyl (C=O) groups is 1. The first-order valence-electron chi connectivity index (χ1n) is 13.7. The average molecular weight is 551 g/mol. The van der Waals surface area contributed by atoms with Crippen LogP contribution in [0, 0.1) is 16.7 Å². The number of nitrogens with one attached hydrogen (secondary N) is 2. The Kier molecular flexibility index (Phi) is 20.8. The van der Waals surface area contributed by atoms with E-state index in [1.54, 1.807) is 13.2 Å². The van der Waals surface area contributed by atoms with Crippen LogP contribution in [0.25, 0.3) is 5.57 Å². The minimum Gasteiger partial charge on any atom is -0.496 e. The van der Waals surface area contributed by atoms with Crippen molar-refractivity contribution in [3.8, 4) is 11.8 Å². The Morgan fingerprint density at radius 2 is 1.80 bits per heavy atom. The first-order valence-corrected chi connectivity index (χ1v) is 13.7. The van der Waals surface area contributed by atoms with Crippen LogP contribution in [0.2, 0.25) is 0 Å². The second-order valence-corrected chi connectivity index (χ2v) is 10.5. The molecule has 0 radical (unpaired) electrons. The van der Waals surface area contributed by atoms with Gasteiger partial charge in [-0.2, -0.15) is 5.26 Å². The number of nitriles is 1. The van der Waals surface area contributed by atoms with Gasteiger partial charge >= 0.3 is 0 Å². The summed E-state index contributed by atoms with van der Waals surface area (Å²) in [5.74, 6) is 0.958. The van der Waals surface area contributed by atoms with E-state index in [1.807, 2.05) is 47.7 Å². The monoisotopic (exact) mass is 550 g/mol. The van der Waals surface area contributed by atoms with E-state index in [9.17, 15) is 0 Å². The van der Waals surface area contributed by atoms with Crippen molar-refractivity contribution < 1.29 is 9.53 Å². The fourth-order valence-electron chi connectivity index (χ4n) is 3.85. The number of carbonyl (C=O) groups excluding carboxylic acids is 1. The summed E-state index contributed by atoms with van der Waals surface area (Å²) < 4.78 is 5.85. The number of benzene rings is 1. The molecule has 0 unspecified atom stereocenters. The Bertz CT molecular complexity index is 1040. The van der Waals surface area contributed by atoms with Gasteiger partial charge < -0.3 is 20.2 Å². The summed E-state index contributed by atoms with van der Waals surface area (Å²) in [6.45, 7) is 25.0. The zero-order valence-electron chi connectivity index (χ0n) is 27.0. The van der Waals surface area contributed by atoms with Crippen molar-refractivity contribution in [1.29, 1.82) is 5.26 Å². The molecule has 0 heterocycles. The molecule has 0 aliphatic carbocycles. The van der Waals surface area contributed by atoms with Gasteiger partial charge in [-0.25, -0.2) is 0 Å². The number of aryl methyl sites for hydroxylation is 1. The molecule has 1 rings (SSSR count). The molecular formula is C34H54N4O2. The second kappa shape index (κ2) is 21.4. The van der Waals surface area contributed by atoms with Crippen LogP contribution in [0.4, 0.5) is 0 Å². The van der Waals surface area contributed by atoms with Gasteiger partial charge in [-0.3, -0.25) is 4.90 Å². The highest BCUT2D eigenvalue weighted by Gasteiger charge is 2.16. The van der Waals surface area contributed by atoms with Gasteiger partial charge in [0.05, 0.1) is 13.2 Å². The van der Waals surface area contributed by atoms with Gasteiger partial charge in [0.25, 0.3) is 0 Å². The van der Waals surface area contributed by atoms with Crippen molar-refractivity contribution in [2.75, 3.05) is 34.4 Å². The van der Waals surface area contributed by atoms with Gasteiger partial charge in [0.15, 0.2) is 0 Å². The molecule has 0 fully saturated rings. The van der Waals surface area contributed by atoms with E-state index in [1.165, 1.54) is 33.4 Å². The zero-order chi connectivity index (χ0) is 31.3. The van der Waals surface area contributed by atoms with Crippen LogP contribution in [-0.2, 0) is 17.8 Å². The Morgan fingerprint density at radius 3 is 2.17 bits per heavy atom. The summed E-state index contributed by atoms with van der Waals surface area (Å²) in [7, 11) is 5.70. The quantitative estimate of drug-likeness (QED) is 0.124. The first-order chi connectivity index (χ1) is 18.9. The second-order valence-electron chi connectivity index (χ2n) is 10.5. The summed E-state index contributed by atoms with van der Waals surface area (Å²) in [5, 5.41) is 15.0. The Balaban J connectivity index is 0. The van der Waals surface area contributed by atoms with E-state index >= 15 is 0 Å². The molecule has 0 aromatic heterocycles. The molecule has 0 aliphatic heterocycles. The molecule has 6 nitrogen and oxygen atoms in total. The third kappa shape index (κ3) is 14.7. The molecule has 40 heavy (non-hydrogen) atoms. The molecule has 0 saturated heterocycles. The van der Waals surface area contributed by atoms with Crippen molar-refractivity contribution in [3.05, 3.63) is 82.6 Å². The summed E-state index contributed by atoms with van der Waals surface area (Å²) >= 11 is 0. The number of ether oxygens (including phenoxy) is 1.